The summed E-state index contributed by atoms with van der Waals surface area (Å²) in [6.45, 7) is 0. The van der Waals surface area contributed by atoms with Crippen LogP contribution in [0.5, 0.6) is 0 Å². The Morgan fingerprint density at radius 3 is 2.50 bits per heavy atom. The topological polar surface area (TPSA) is 0 Å². The lowest BCUT2D eigenvalue weighted by molar-refractivity contribution is 1.53. The third-order valence-corrected chi connectivity index (χ3v) is 2.94. The van der Waals surface area contributed by atoms with Gasteiger partial charge in [-0.3, -0.25) is 0 Å². The van der Waals surface area contributed by atoms with Crippen molar-refractivity contribution in [2.75, 3.05) is 12.0 Å². The molecule has 10 heavy (non-hydrogen) atoms. The predicted molar refractivity (Wildman–Crippen MR) is 50.0 cm³/mol. The molecule has 0 amide bonds. The van der Waals surface area contributed by atoms with E-state index in [1.165, 1.54) is 5.30 Å². The number of rotatable bonds is 3. The average Bonchev–Trinajstić information content (AvgIpc) is 2.03. The Hall–Kier alpha value is -0.0600. The minimum atomic E-state index is 0.771. The number of hydrogen-bond acceptors (Lipinski definition) is 0. The summed E-state index contributed by atoms with van der Waals surface area (Å²) in [7, 11) is 0.873. The van der Waals surface area contributed by atoms with E-state index in [0.717, 1.165) is 20.6 Å². The molecule has 1 rings (SSSR count). The van der Waals surface area contributed by atoms with Crippen LogP contribution < -0.4 is 5.30 Å². The second-order valence-electron chi connectivity index (χ2n) is 1.98. The summed E-state index contributed by atoms with van der Waals surface area (Å²) >= 11 is 5.56. The van der Waals surface area contributed by atoms with Crippen molar-refractivity contribution in [2.24, 2.45) is 0 Å². The molecule has 0 aromatic heterocycles. The maximum atomic E-state index is 5.56. The van der Waals surface area contributed by atoms with Gasteiger partial charge in [-0.2, -0.15) is 0 Å². The van der Waals surface area contributed by atoms with Crippen molar-refractivity contribution in [2.45, 2.75) is 0 Å². The van der Waals surface area contributed by atoms with E-state index < -0.39 is 0 Å². The molecule has 0 aliphatic rings. The minimum Gasteiger partial charge on any atom is -0.126 e. The number of halogens is 1. The Labute approximate surface area is 68.4 Å². The predicted octanol–water partition coefficient (Wildman–Crippen LogP) is 2.23. The maximum absolute atomic E-state index is 5.56. The first-order valence-electron chi connectivity index (χ1n) is 3.28. The van der Waals surface area contributed by atoms with E-state index in [4.69, 9.17) is 11.6 Å². The van der Waals surface area contributed by atoms with E-state index in [0.29, 0.717) is 0 Å². The molecule has 2 heteroatoms. The van der Waals surface area contributed by atoms with Crippen molar-refractivity contribution < 1.29 is 0 Å². The van der Waals surface area contributed by atoms with Crippen LogP contribution in [0.15, 0.2) is 30.3 Å². The smallest absolute Gasteiger partial charge is 0.0263 e. The third-order valence-electron chi connectivity index (χ3n) is 1.20. The highest BCUT2D eigenvalue weighted by molar-refractivity contribution is 7.47. The van der Waals surface area contributed by atoms with Crippen molar-refractivity contribution in [1.82, 2.24) is 0 Å². The van der Waals surface area contributed by atoms with E-state index in [2.05, 4.69) is 24.3 Å². The van der Waals surface area contributed by atoms with Gasteiger partial charge >= 0.3 is 0 Å². The van der Waals surface area contributed by atoms with Crippen molar-refractivity contribution in [1.29, 1.82) is 0 Å². The lowest BCUT2D eigenvalue weighted by Crippen LogP contribution is -1.93. The van der Waals surface area contributed by atoms with Crippen LogP contribution in [-0.2, 0) is 0 Å². The first-order chi connectivity index (χ1) is 4.93. The van der Waals surface area contributed by atoms with E-state index in [9.17, 15) is 0 Å². The molecule has 0 fully saturated rings. The highest BCUT2D eigenvalue weighted by Gasteiger charge is 1.87. The molecule has 0 radical (unpaired) electrons. The monoisotopic (exact) mass is 172 g/mol. The molecule has 0 nitrogen and oxygen atoms in total. The van der Waals surface area contributed by atoms with Gasteiger partial charge in [0.25, 0.3) is 0 Å². The van der Waals surface area contributed by atoms with Gasteiger partial charge in [-0.25, -0.2) is 0 Å². The molecule has 0 saturated heterocycles. The first kappa shape index (κ1) is 8.04. The molecule has 0 spiro atoms. The Bertz CT molecular complexity index is 174. The SMILES string of the molecule is ClCCPc1ccccc1. The van der Waals surface area contributed by atoms with E-state index in [1.54, 1.807) is 0 Å². The largest absolute Gasteiger partial charge is 0.126 e. The van der Waals surface area contributed by atoms with Gasteiger partial charge in [0.1, 0.15) is 0 Å². The summed E-state index contributed by atoms with van der Waals surface area (Å²) in [5, 5.41) is 1.41. The maximum Gasteiger partial charge on any atom is 0.0263 e. The molecule has 1 unspecified atom stereocenters. The van der Waals surface area contributed by atoms with Crippen molar-refractivity contribution in [3.63, 3.8) is 0 Å². The summed E-state index contributed by atoms with van der Waals surface area (Å²) in [5.41, 5.74) is 0. The van der Waals surface area contributed by atoms with Gasteiger partial charge in [0.15, 0.2) is 0 Å². The van der Waals surface area contributed by atoms with Gasteiger partial charge in [0.2, 0.25) is 0 Å². The lowest BCUT2D eigenvalue weighted by atomic mass is 10.4. The van der Waals surface area contributed by atoms with Gasteiger partial charge in [-0.1, -0.05) is 38.9 Å². The summed E-state index contributed by atoms with van der Waals surface area (Å²) in [6.07, 6.45) is 1.10. The summed E-state index contributed by atoms with van der Waals surface area (Å²) < 4.78 is 0. The number of hydrogen-bond donors (Lipinski definition) is 0. The Morgan fingerprint density at radius 1 is 1.20 bits per heavy atom. The average molecular weight is 173 g/mol. The molecule has 1 aromatic rings. The highest BCUT2D eigenvalue weighted by Crippen LogP contribution is 2.08. The van der Waals surface area contributed by atoms with Crippen LogP contribution in [-0.4, -0.2) is 12.0 Å². The Balaban J connectivity index is 2.43. The summed E-state index contributed by atoms with van der Waals surface area (Å²) in [6, 6.07) is 10.5. The standard InChI is InChI=1S/C8H10ClP/c9-6-7-10-8-4-2-1-3-5-8/h1-5,10H,6-7H2. The molecule has 1 atom stereocenters. The zero-order valence-electron chi connectivity index (χ0n) is 5.68. The molecular formula is C8H10ClP. The Kier molecular flexibility index (Phi) is 3.79. The third kappa shape index (κ3) is 2.68. The minimum absolute atomic E-state index is 0.771. The summed E-state index contributed by atoms with van der Waals surface area (Å²) in [5.74, 6) is 0.771. The van der Waals surface area contributed by atoms with Crippen LogP contribution in [0.25, 0.3) is 0 Å². The molecular weight excluding hydrogens is 163 g/mol. The van der Waals surface area contributed by atoms with Gasteiger partial charge in [-0.05, 0) is 11.5 Å². The molecule has 0 heterocycles. The molecule has 0 saturated carbocycles. The fourth-order valence-electron chi connectivity index (χ4n) is 0.748. The van der Waals surface area contributed by atoms with E-state index >= 15 is 0 Å². The quantitative estimate of drug-likeness (QED) is 0.485. The molecule has 0 N–H and O–H groups in total. The van der Waals surface area contributed by atoms with Crippen LogP contribution in [0.3, 0.4) is 0 Å². The van der Waals surface area contributed by atoms with Crippen LogP contribution in [0.4, 0.5) is 0 Å². The first-order valence-corrected chi connectivity index (χ1v) is 5.02. The van der Waals surface area contributed by atoms with Gasteiger partial charge < -0.3 is 0 Å². The van der Waals surface area contributed by atoms with Crippen molar-refractivity contribution in [3.05, 3.63) is 30.3 Å². The van der Waals surface area contributed by atoms with Gasteiger partial charge in [-0.15, -0.1) is 11.6 Å². The lowest BCUT2D eigenvalue weighted by Gasteiger charge is -1.96. The van der Waals surface area contributed by atoms with Crippen LogP contribution >= 0.6 is 20.2 Å². The van der Waals surface area contributed by atoms with Crippen LogP contribution in [0, 0.1) is 0 Å². The van der Waals surface area contributed by atoms with E-state index in [1.807, 2.05) is 6.07 Å². The molecule has 0 aliphatic carbocycles. The van der Waals surface area contributed by atoms with Crippen molar-refractivity contribution >= 4 is 25.5 Å². The molecule has 1 aromatic carbocycles. The number of alkyl halides is 1. The number of benzene rings is 1. The highest BCUT2D eigenvalue weighted by atomic mass is 35.5. The van der Waals surface area contributed by atoms with Crippen molar-refractivity contribution in [3.8, 4) is 0 Å². The van der Waals surface area contributed by atoms with Crippen LogP contribution in [0.1, 0.15) is 0 Å². The fraction of sp³-hybridized carbons (Fsp3) is 0.250. The Morgan fingerprint density at radius 2 is 1.90 bits per heavy atom. The second kappa shape index (κ2) is 4.71. The van der Waals surface area contributed by atoms with Gasteiger partial charge in [0, 0.05) is 5.88 Å². The second-order valence-corrected chi connectivity index (χ2v) is 3.79. The zero-order chi connectivity index (χ0) is 7.23. The van der Waals surface area contributed by atoms with E-state index in [-0.39, 0.29) is 0 Å². The van der Waals surface area contributed by atoms with Crippen LogP contribution in [0.2, 0.25) is 0 Å². The normalized spacial score (nSPS) is 10.9. The molecule has 54 valence electrons. The summed E-state index contributed by atoms with van der Waals surface area (Å²) in [4.78, 5) is 0. The van der Waals surface area contributed by atoms with Gasteiger partial charge in [0.05, 0.1) is 0 Å². The zero-order valence-corrected chi connectivity index (χ0v) is 7.43. The molecule has 0 aliphatic heterocycles. The molecule has 0 bridgehead atoms. The fourth-order valence-corrected chi connectivity index (χ4v) is 1.84.